The fraction of sp³-hybridized carbons (Fsp3) is 0.333. The van der Waals surface area contributed by atoms with Crippen molar-refractivity contribution in [3.8, 4) is 6.07 Å². The van der Waals surface area contributed by atoms with Gasteiger partial charge in [-0.05, 0) is 18.2 Å². The maximum absolute atomic E-state index is 11.4. The summed E-state index contributed by atoms with van der Waals surface area (Å²) in [5, 5.41) is 19.9. The molecule has 0 aliphatic heterocycles. The third-order valence-corrected chi connectivity index (χ3v) is 2.23. The van der Waals surface area contributed by atoms with Crippen molar-refractivity contribution < 1.29 is 9.90 Å². The summed E-state index contributed by atoms with van der Waals surface area (Å²) in [5.74, 6) is -0.163. The zero-order valence-corrected chi connectivity index (χ0v) is 9.68. The van der Waals surface area contributed by atoms with Crippen LogP contribution >= 0.6 is 0 Å². The van der Waals surface area contributed by atoms with Crippen LogP contribution in [-0.4, -0.2) is 37.8 Å². The van der Waals surface area contributed by atoms with Crippen molar-refractivity contribution in [3.05, 3.63) is 29.8 Å². The molecule has 5 heteroatoms. The topological polar surface area (TPSA) is 76.4 Å². The lowest BCUT2D eigenvalue weighted by molar-refractivity contribution is -0.119. The molecule has 90 valence electrons. The SMILES string of the molecule is CN(CC(=O)NCCO)c1cccc(C#N)c1. The molecule has 2 N–H and O–H groups in total. The van der Waals surface area contributed by atoms with Gasteiger partial charge in [0.05, 0.1) is 24.8 Å². The summed E-state index contributed by atoms with van der Waals surface area (Å²) in [4.78, 5) is 13.2. The fourth-order valence-electron chi connectivity index (χ4n) is 1.37. The van der Waals surface area contributed by atoms with E-state index in [4.69, 9.17) is 10.4 Å². The first kappa shape index (κ1) is 13.0. The highest BCUT2D eigenvalue weighted by Gasteiger charge is 2.07. The van der Waals surface area contributed by atoms with Gasteiger partial charge in [0, 0.05) is 19.3 Å². The van der Waals surface area contributed by atoms with Crippen molar-refractivity contribution in [2.75, 3.05) is 31.6 Å². The molecule has 0 aromatic heterocycles. The number of carbonyl (C=O) groups is 1. The van der Waals surface area contributed by atoms with E-state index in [-0.39, 0.29) is 25.6 Å². The van der Waals surface area contributed by atoms with E-state index >= 15 is 0 Å². The minimum Gasteiger partial charge on any atom is -0.395 e. The molecule has 0 fully saturated rings. The Morgan fingerprint density at radius 1 is 1.59 bits per heavy atom. The summed E-state index contributed by atoms with van der Waals surface area (Å²) < 4.78 is 0. The van der Waals surface area contributed by atoms with E-state index in [2.05, 4.69) is 5.32 Å². The zero-order chi connectivity index (χ0) is 12.7. The Labute approximate surface area is 100 Å². The van der Waals surface area contributed by atoms with Gasteiger partial charge in [-0.2, -0.15) is 5.26 Å². The smallest absolute Gasteiger partial charge is 0.239 e. The predicted molar refractivity (Wildman–Crippen MR) is 64.5 cm³/mol. The lowest BCUT2D eigenvalue weighted by atomic mass is 10.2. The molecule has 0 heterocycles. The lowest BCUT2D eigenvalue weighted by Crippen LogP contribution is -2.36. The van der Waals surface area contributed by atoms with E-state index in [0.717, 1.165) is 5.69 Å². The fourth-order valence-corrected chi connectivity index (χ4v) is 1.37. The molecule has 0 atom stereocenters. The number of amides is 1. The van der Waals surface area contributed by atoms with Crippen LogP contribution in [0.25, 0.3) is 0 Å². The third-order valence-electron chi connectivity index (χ3n) is 2.23. The van der Waals surface area contributed by atoms with Crippen LogP contribution in [0.2, 0.25) is 0 Å². The standard InChI is InChI=1S/C12H15N3O2/c1-15(9-12(17)14-5-6-16)11-4-2-3-10(7-11)8-13/h2-4,7,16H,5-6,9H2,1H3,(H,14,17). The van der Waals surface area contributed by atoms with E-state index in [1.165, 1.54) is 0 Å². The number of nitriles is 1. The molecule has 0 bridgehead atoms. The molecule has 0 aliphatic carbocycles. The van der Waals surface area contributed by atoms with Crippen molar-refractivity contribution in [3.63, 3.8) is 0 Å². The monoisotopic (exact) mass is 233 g/mol. The summed E-state index contributed by atoms with van der Waals surface area (Å²) in [7, 11) is 1.77. The first-order valence-corrected chi connectivity index (χ1v) is 5.26. The first-order valence-electron chi connectivity index (χ1n) is 5.26. The van der Waals surface area contributed by atoms with Crippen LogP contribution in [-0.2, 0) is 4.79 Å². The molecular formula is C12H15N3O2. The van der Waals surface area contributed by atoms with Crippen LogP contribution < -0.4 is 10.2 Å². The normalized spacial score (nSPS) is 9.47. The molecular weight excluding hydrogens is 218 g/mol. The second-order valence-electron chi connectivity index (χ2n) is 3.59. The van der Waals surface area contributed by atoms with E-state index in [1.54, 1.807) is 30.1 Å². The summed E-state index contributed by atoms with van der Waals surface area (Å²) in [6, 6.07) is 9.09. The largest absolute Gasteiger partial charge is 0.395 e. The van der Waals surface area contributed by atoms with Gasteiger partial charge < -0.3 is 15.3 Å². The van der Waals surface area contributed by atoms with Crippen LogP contribution in [0.4, 0.5) is 5.69 Å². The molecule has 0 unspecified atom stereocenters. The molecule has 0 saturated heterocycles. The Bertz CT molecular complexity index is 426. The zero-order valence-electron chi connectivity index (χ0n) is 9.68. The maximum Gasteiger partial charge on any atom is 0.239 e. The van der Waals surface area contributed by atoms with Crippen LogP contribution in [0.15, 0.2) is 24.3 Å². The highest BCUT2D eigenvalue weighted by atomic mass is 16.3. The summed E-state index contributed by atoms with van der Waals surface area (Å²) in [5.41, 5.74) is 1.37. The van der Waals surface area contributed by atoms with Gasteiger partial charge in [0.1, 0.15) is 0 Å². The van der Waals surface area contributed by atoms with Gasteiger partial charge in [-0.3, -0.25) is 4.79 Å². The lowest BCUT2D eigenvalue weighted by Gasteiger charge is -2.18. The van der Waals surface area contributed by atoms with Gasteiger partial charge in [-0.1, -0.05) is 6.07 Å². The first-order chi connectivity index (χ1) is 8.17. The number of benzene rings is 1. The third kappa shape index (κ3) is 4.13. The second-order valence-corrected chi connectivity index (χ2v) is 3.59. The van der Waals surface area contributed by atoms with Gasteiger partial charge in [0.25, 0.3) is 0 Å². The van der Waals surface area contributed by atoms with Gasteiger partial charge in [-0.15, -0.1) is 0 Å². The average molecular weight is 233 g/mol. The number of nitrogens with zero attached hydrogens (tertiary/aromatic N) is 2. The van der Waals surface area contributed by atoms with Gasteiger partial charge in [0.15, 0.2) is 0 Å². The molecule has 5 nitrogen and oxygen atoms in total. The number of aliphatic hydroxyl groups is 1. The molecule has 0 aliphatic rings. The Morgan fingerprint density at radius 3 is 3.00 bits per heavy atom. The van der Waals surface area contributed by atoms with Crippen LogP contribution in [0.5, 0.6) is 0 Å². The highest BCUT2D eigenvalue weighted by molar-refractivity contribution is 5.81. The van der Waals surface area contributed by atoms with Crippen molar-refractivity contribution >= 4 is 11.6 Å². The van der Waals surface area contributed by atoms with Crippen LogP contribution in [0.3, 0.4) is 0 Å². The summed E-state index contributed by atoms with van der Waals surface area (Å²) in [6.45, 7) is 0.374. The average Bonchev–Trinajstić information content (AvgIpc) is 2.36. The van der Waals surface area contributed by atoms with Crippen LogP contribution in [0.1, 0.15) is 5.56 Å². The molecule has 0 spiro atoms. The number of anilines is 1. The van der Waals surface area contributed by atoms with Gasteiger partial charge in [0.2, 0.25) is 5.91 Å². The predicted octanol–water partition coefficient (Wildman–Crippen LogP) is 0.103. The molecule has 0 radical (unpaired) electrons. The van der Waals surface area contributed by atoms with E-state index in [1.807, 2.05) is 12.1 Å². The Balaban J connectivity index is 2.60. The number of nitrogens with one attached hydrogen (secondary N) is 1. The maximum atomic E-state index is 11.4. The minimum atomic E-state index is -0.163. The molecule has 1 aromatic rings. The van der Waals surface area contributed by atoms with Crippen molar-refractivity contribution in [1.82, 2.24) is 5.32 Å². The van der Waals surface area contributed by atoms with E-state index < -0.39 is 0 Å². The second kappa shape index (κ2) is 6.51. The molecule has 17 heavy (non-hydrogen) atoms. The molecule has 1 amide bonds. The van der Waals surface area contributed by atoms with Crippen LogP contribution in [0, 0.1) is 11.3 Å². The Morgan fingerprint density at radius 2 is 2.35 bits per heavy atom. The molecule has 0 saturated carbocycles. The number of hydrogen-bond acceptors (Lipinski definition) is 4. The summed E-state index contributed by atoms with van der Waals surface area (Å²) >= 11 is 0. The summed E-state index contributed by atoms with van der Waals surface area (Å²) in [6.07, 6.45) is 0. The van der Waals surface area contributed by atoms with Crippen molar-refractivity contribution in [2.24, 2.45) is 0 Å². The number of rotatable bonds is 5. The number of hydrogen-bond donors (Lipinski definition) is 2. The van der Waals surface area contributed by atoms with E-state index in [0.29, 0.717) is 5.56 Å². The quantitative estimate of drug-likeness (QED) is 0.756. The Kier molecular flexibility index (Phi) is 4.98. The molecule has 1 aromatic carbocycles. The highest BCUT2D eigenvalue weighted by Crippen LogP contribution is 2.13. The van der Waals surface area contributed by atoms with Crippen molar-refractivity contribution in [2.45, 2.75) is 0 Å². The molecule has 1 rings (SSSR count). The number of aliphatic hydroxyl groups excluding tert-OH is 1. The minimum absolute atomic E-state index is 0.0701. The number of likely N-dealkylation sites (N-methyl/N-ethyl adjacent to an activating group) is 1. The van der Waals surface area contributed by atoms with Gasteiger partial charge >= 0.3 is 0 Å². The number of carbonyl (C=O) groups excluding carboxylic acids is 1. The van der Waals surface area contributed by atoms with Crippen molar-refractivity contribution in [1.29, 1.82) is 5.26 Å². The Hall–Kier alpha value is -2.06. The van der Waals surface area contributed by atoms with Gasteiger partial charge in [-0.25, -0.2) is 0 Å². The van der Waals surface area contributed by atoms with E-state index in [9.17, 15) is 4.79 Å².